The summed E-state index contributed by atoms with van der Waals surface area (Å²) in [5.41, 5.74) is 5.18. The number of nitrogens with one attached hydrogen (secondary N) is 1. The molecule has 0 bridgehead atoms. The molecule has 7 heteroatoms. The van der Waals surface area contributed by atoms with Crippen molar-refractivity contribution < 1.29 is 12.8 Å². The summed E-state index contributed by atoms with van der Waals surface area (Å²) >= 11 is 0. The predicted octanol–water partition coefficient (Wildman–Crippen LogP) is 1.41. The lowest BCUT2D eigenvalue weighted by molar-refractivity contribution is 0.191. The number of pyridine rings is 1. The van der Waals surface area contributed by atoms with Crippen LogP contribution in [0.4, 0.5) is 4.39 Å². The smallest absolute Gasteiger partial charge is 0.242 e. The molecule has 0 aromatic carbocycles. The summed E-state index contributed by atoms with van der Waals surface area (Å²) < 4.78 is 40.6. The zero-order valence-corrected chi connectivity index (χ0v) is 12.3. The van der Waals surface area contributed by atoms with Gasteiger partial charge in [-0.1, -0.05) is 19.8 Å². The summed E-state index contributed by atoms with van der Waals surface area (Å²) in [6.45, 7) is 2.23. The summed E-state index contributed by atoms with van der Waals surface area (Å²) in [6, 6.07) is 0.965. The Kier molecular flexibility index (Phi) is 4.41. The number of rotatable bonds is 4. The van der Waals surface area contributed by atoms with Crippen molar-refractivity contribution in [2.75, 3.05) is 6.54 Å². The van der Waals surface area contributed by atoms with Crippen LogP contribution in [0.3, 0.4) is 0 Å². The number of hydrogen-bond donors (Lipinski definition) is 2. The highest BCUT2D eigenvalue weighted by atomic mass is 32.2. The lowest BCUT2D eigenvalue weighted by Gasteiger charge is -2.42. The zero-order chi connectivity index (χ0) is 14.8. The van der Waals surface area contributed by atoms with E-state index in [0.717, 1.165) is 37.7 Å². The molecule has 0 spiro atoms. The fourth-order valence-electron chi connectivity index (χ4n) is 2.78. The van der Waals surface area contributed by atoms with Crippen LogP contribution in [0.15, 0.2) is 23.4 Å². The molecule has 1 saturated carbocycles. The Balaban J connectivity index is 2.30. The summed E-state index contributed by atoms with van der Waals surface area (Å²) in [4.78, 5) is 3.42. The molecule has 1 aliphatic carbocycles. The van der Waals surface area contributed by atoms with E-state index in [4.69, 9.17) is 5.73 Å². The fraction of sp³-hybridized carbons (Fsp3) is 0.615. The van der Waals surface area contributed by atoms with Crippen molar-refractivity contribution in [2.45, 2.75) is 43.0 Å². The van der Waals surface area contributed by atoms with Crippen LogP contribution in [-0.4, -0.2) is 25.5 Å². The first-order valence-electron chi connectivity index (χ1n) is 6.74. The average molecular weight is 301 g/mol. The SMILES string of the molecule is CC1CCCCC1(CN)NS(=O)(=O)c1cncc(F)c1. The van der Waals surface area contributed by atoms with Crippen LogP contribution in [-0.2, 0) is 10.0 Å². The normalized spacial score (nSPS) is 27.4. The number of halogens is 1. The monoisotopic (exact) mass is 301 g/mol. The minimum atomic E-state index is -3.82. The Hall–Kier alpha value is -1.05. The highest BCUT2D eigenvalue weighted by molar-refractivity contribution is 7.89. The van der Waals surface area contributed by atoms with Gasteiger partial charge in [-0.05, 0) is 24.8 Å². The minimum Gasteiger partial charge on any atom is -0.329 e. The Morgan fingerprint density at radius 3 is 2.85 bits per heavy atom. The second-order valence-electron chi connectivity index (χ2n) is 5.45. The maximum atomic E-state index is 13.2. The highest BCUT2D eigenvalue weighted by Gasteiger charge is 2.40. The van der Waals surface area contributed by atoms with Gasteiger partial charge in [0.05, 0.1) is 6.20 Å². The topological polar surface area (TPSA) is 85.1 Å². The van der Waals surface area contributed by atoms with E-state index >= 15 is 0 Å². The summed E-state index contributed by atoms with van der Waals surface area (Å²) in [6.07, 6.45) is 5.76. The molecule has 1 aliphatic rings. The Morgan fingerprint density at radius 1 is 1.50 bits per heavy atom. The molecule has 20 heavy (non-hydrogen) atoms. The maximum absolute atomic E-state index is 13.2. The van der Waals surface area contributed by atoms with E-state index in [0.29, 0.717) is 6.42 Å². The molecule has 0 aliphatic heterocycles. The second-order valence-corrected chi connectivity index (χ2v) is 7.13. The molecule has 5 nitrogen and oxygen atoms in total. The van der Waals surface area contributed by atoms with Crippen LogP contribution < -0.4 is 10.5 Å². The molecule has 1 fully saturated rings. The van der Waals surface area contributed by atoms with Crippen LogP contribution in [0.1, 0.15) is 32.6 Å². The molecule has 2 unspecified atom stereocenters. The van der Waals surface area contributed by atoms with Gasteiger partial charge >= 0.3 is 0 Å². The van der Waals surface area contributed by atoms with Crippen molar-refractivity contribution in [3.8, 4) is 0 Å². The third-order valence-corrected chi connectivity index (χ3v) is 5.66. The Labute approximate surface area is 118 Å². The van der Waals surface area contributed by atoms with Crippen molar-refractivity contribution in [3.63, 3.8) is 0 Å². The molecule has 2 rings (SSSR count). The molecular weight excluding hydrogens is 281 g/mol. The zero-order valence-electron chi connectivity index (χ0n) is 11.5. The highest BCUT2D eigenvalue weighted by Crippen LogP contribution is 2.34. The van der Waals surface area contributed by atoms with Gasteiger partial charge in [0.2, 0.25) is 10.0 Å². The number of hydrogen-bond acceptors (Lipinski definition) is 4. The third-order valence-electron chi connectivity index (χ3n) is 4.15. The lowest BCUT2D eigenvalue weighted by atomic mass is 9.74. The molecular formula is C13H20FN3O2S. The molecule has 0 radical (unpaired) electrons. The van der Waals surface area contributed by atoms with Crippen LogP contribution in [0.2, 0.25) is 0 Å². The van der Waals surface area contributed by atoms with E-state index in [-0.39, 0.29) is 17.4 Å². The first-order valence-corrected chi connectivity index (χ1v) is 8.22. The van der Waals surface area contributed by atoms with Crippen molar-refractivity contribution in [1.82, 2.24) is 9.71 Å². The van der Waals surface area contributed by atoms with E-state index in [9.17, 15) is 12.8 Å². The summed E-state index contributed by atoms with van der Waals surface area (Å²) in [5.74, 6) is -0.524. The van der Waals surface area contributed by atoms with E-state index in [1.807, 2.05) is 6.92 Å². The maximum Gasteiger partial charge on any atom is 0.242 e. The van der Waals surface area contributed by atoms with Crippen molar-refractivity contribution >= 4 is 10.0 Å². The number of nitrogens with two attached hydrogens (primary N) is 1. The van der Waals surface area contributed by atoms with Crippen LogP contribution >= 0.6 is 0 Å². The van der Waals surface area contributed by atoms with Gasteiger partial charge in [0, 0.05) is 18.3 Å². The summed E-state index contributed by atoms with van der Waals surface area (Å²) in [7, 11) is -3.82. The number of sulfonamides is 1. The minimum absolute atomic E-state index is 0.151. The van der Waals surface area contributed by atoms with Crippen LogP contribution in [0.5, 0.6) is 0 Å². The van der Waals surface area contributed by atoms with Crippen molar-refractivity contribution in [2.24, 2.45) is 11.7 Å². The lowest BCUT2D eigenvalue weighted by Crippen LogP contribution is -2.58. The quantitative estimate of drug-likeness (QED) is 0.880. The first-order chi connectivity index (χ1) is 9.39. The molecule has 2 atom stereocenters. The van der Waals surface area contributed by atoms with Crippen LogP contribution in [0.25, 0.3) is 0 Å². The second kappa shape index (κ2) is 5.75. The van der Waals surface area contributed by atoms with E-state index < -0.39 is 21.4 Å². The molecule has 0 amide bonds. The van der Waals surface area contributed by atoms with Crippen molar-refractivity contribution in [1.29, 1.82) is 0 Å². The Morgan fingerprint density at radius 2 is 2.25 bits per heavy atom. The molecule has 1 heterocycles. The summed E-state index contributed by atoms with van der Waals surface area (Å²) in [5, 5.41) is 0. The van der Waals surface area contributed by atoms with E-state index in [1.54, 1.807) is 0 Å². The van der Waals surface area contributed by atoms with Gasteiger partial charge in [-0.15, -0.1) is 0 Å². The Bertz CT molecular complexity index is 579. The molecule has 3 N–H and O–H groups in total. The number of aromatic nitrogens is 1. The van der Waals surface area contributed by atoms with Gasteiger partial charge in [-0.2, -0.15) is 0 Å². The third kappa shape index (κ3) is 2.99. The van der Waals surface area contributed by atoms with Crippen LogP contribution in [0, 0.1) is 11.7 Å². The van der Waals surface area contributed by atoms with Gasteiger partial charge in [-0.3, -0.25) is 4.98 Å². The van der Waals surface area contributed by atoms with E-state index in [1.165, 1.54) is 0 Å². The van der Waals surface area contributed by atoms with Gasteiger partial charge in [0.15, 0.2) is 0 Å². The fourth-order valence-corrected chi connectivity index (χ4v) is 4.28. The molecule has 1 aromatic heterocycles. The molecule has 112 valence electrons. The number of nitrogens with zero attached hydrogens (tertiary/aromatic N) is 1. The van der Waals surface area contributed by atoms with Gasteiger partial charge in [0.1, 0.15) is 10.7 Å². The molecule has 1 aromatic rings. The van der Waals surface area contributed by atoms with E-state index in [2.05, 4.69) is 9.71 Å². The average Bonchev–Trinajstić information content (AvgIpc) is 2.41. The largest absolute Gasteiger partial charge is 0.329 e. The van der Waals surface area contributed by atoms with Gasteiger partial charge in [-0.25, -0.2) is 17.5 Å². The first kappa shape index (κ1) is 15.3. The van der Waals surface area contributed by atoms with Gasteiger partial charge in [0.25, 0.3) is 0 Å². The standard InChI is InChI=1S/C13H20FN3O2S/c1-10-4-2-3-5-13(10,9-15)17-20(18,19)12-6-11(14)7-16-8-12/h6-8,10,17H,2-5,9,15H2,1H3. The van der Waals surface area contributed by atoms with Gasteiger partial charge < -0.3 is 5.73 Å². The predicted molar refractivity (Wildman–Crippen MR) is 73.9 cm³/mol. The molecule has 0 saturated heterocycles. The van der Waals surface area contributed by atoms with Crippen molar-refractivity contribution in [3.05, 3.63) is 24.3 Å².